The number of aliphatic hydroxyl groups excluding tert-OH is 3. The number of nitrogens with zero attached hydrogens (tertiary/aromatic N) is 4. The van der Waals surface area contributed by atoms with Crippen molar-refractivity contribution in [1.29, 1.82) is 0 Å². The van der Waals surface area contributed by atoms with Gasteiger partial charge in [0.05, 0.1) is 23.9 Å². The van der Waals surface area contributed by atoms with E-state index in [2.05, 4.69) is 41.2 Å². The minimum atomic E-state index is -1.01. The van der Waals surface area contributed by atoms with Crippen LogP contribution in [0.25, 0.3) is 45.8 Å². The Hall–Kier alpha value is -4.71. The van der Waals surface area contributed by atoms with E-state index in [0.717, 1.165) is 57.8 Å². The number of hydrogen-bond acceptors (Lipinski definition) is 10. The Bertz CT molecular complexity index is 1830. The maximum atomic E-state index is 11.5. The van der Waals surface area contributed by atoms with Crippen molar-refractivity contribution in [2.75, 3.05) is 0 Å². The Balaban J connectivity index is 1.44. The molecule has 0 amide bonds. The first-order chi connectivity index (χ1) is 25.2. The molecule has 0 aliphatic heterocycles. The summed E-state index contributed by atoms with van der Waals surface area (Å²) in [6.45, 7) is 6.36. The lowest BCUT2D eigenvalue weighted by atomic mass is 9.84. The molecule has 3 aromatic carbocycles. The van der Waals surface area contributed by atoms with Crippen LogP contribution in [-0.4, -0.2) is 46.8 Å². The molecular formula is C41H50N4O7. The monoisotopic (exact) mass is 710 g/mol. The Kier molecular flexibility index (Phi) is 13.8. The van der Waals surface area contributed by atoms with Gasteiger partial charge in [-0.15, -0.1) is 20.4 Å². The second-order valence-corrected chi connectivity index (χ2v) is 13.4. The van der Waals surface area contributed by atoms with E-state index in [-0.39, 0.29) is 23.2 Å². The fraction of sp³-hybridized carbons (Fsp3) is 0.439. The van der Waals surface area contributed by atoms with E-state index in [4.69, 9.17) is 13.9 Å². The zero-order valence-corrected chi connectivity index (χ0v) is 30.3. The van der Waals surface area contributed by atoms with Crippen LogP contribution in [0.2, 0.25) is 0 Å². The van der Waals surface area contributed by atoms with Crippen molar-refractivity contribution in [1.82, 2.24) is 20.4 Å². The van der Waals surface area contributed by atoms with Crippen LogP contribution in [0, 0.1) is 0 Å². The van der Waals surface area contributed by atoms with Crippen LogP contribution in [-0.2, 0) is 0 Å². The molecule has 11 nitrogen and oxygen atoms in total. The van der Waals surface area contributed by atoms with Gasteiger partial charge in [0, 0.05) is 22.3 Å². The van der Waals surface area contributed by atoms with Gasteiger partial charge in [0.25, 0.3) is 0 Å². The maximum absolute atomic E-state index is 11.5. The first kappa shape index (κ1) is 38.5. The van der Waals surface area contributed by atoms with Crippen molar-refractivity contribution in [2.45, 2.75) is 116 Å². The van der Waals surface area contributed by atoms with E-state index < -0.39 is 24.3 Å². The molecule has 52 heavy (non-hydrogen) atoms. The fourth-order valence-corrected chi connectivity index (χ4v) is 6.40. The van der Waals surface area contributed by atoms with Crippen LogP contribution < -0.4 is 0 Å². The number of aromatic carboxylic acids is 1. The quantitative estimate of drug-likeness (QED) is 0.0566. The molecule has 0 radical (unpaired) electrons. The molecule has 2 aromatic heterocycles. The van der Waals surface area contributed by atoms with Gasteiger partial charge in [-0.3, -0.25) is 0 Å². The summed E-state index contributed by atoms with van der Waals surface area (Å²) in [6, 6.07) is 17.1. The molecule has 5 rings (SSSR count). The summed E-state index contributed by atoms with van der Waals surface area (Å²) >= 11 is 0. The molecule has 0 aliphatic carbocycles. The van der Waals surface area contributed by atoms with Gasteiger partial charge in [-0.1, -0.05) is 78.6 Å². The number of rotatable bonds is 20. The van der Waals surface area contributed by atoms with Crippen LogP contribution in [0.5, 0.6) is 0 Å². The van der Waals surface area contributed by atoms with Gasteiger partial charge in [-0.05, 0) is 96.6 Å². The van der Waals surface area contributed by atoms with E-state index in [0.29, 0.717) is 64.1 Å². The number of carbonyl (C=O) groups is 1. The minimum Gasteiger partial charge on any atom is -0.478 e. The average molecular weight is 711 g/mol. The molecule has 0 fully saturated rings. The molecule has 0 bridgehead atoms. The zero-order chi connectivity index (χ0) is 37.0. The molecule has 2 heterocycles. The lowest BCUT2D eigenvalue weighted by molar-refractivity contribution is 0.0696. The lowest BCUT2D eigenvalue weighted by Crippen LogP contribution is -2.14. The highest BCUT2D eigenvalue weighted by Gasteiger charge is 2.27. The average Bonchev–Trinajstić information content (AvgIpc) is 3.86. The Morgan fingerprint density at radius 2 is 0.885 bits per heavy atom. The maximum Gasteiger partial charge on any atom is 0.335 e. The number of carboxylic acids is 1. The molecule has 3 atom stereocenters. The SMILES string of the molecule is CCCCCC(O)c1cc(-c2nnc(-c3ccc(-c4nnc(-c5ccc(C(=O)O)cc5)o4)cc3)o2)cc(C(O)CCCCC)c1C(O)CCCCC. The topological polar surface area (TPSA) is 176 Å². The number of aliphatic hydroxyl groups is 3. The van der Waals surface area contributed by atoms with Gasteiger partial charge in [0.1, 0.15) is 0 Å². The Morgan fingerprint density at radius 1 is 0.538 bits per heavy atom. The number of hydrogen-bond donors (Lipinski definition) is 4. The first-order valence-corrected chi connectivity index (χ1v) is 18.6. The molecule has 0 aliphatic rings. The Labute approximate surface area is 304 Å². The van der Waals surface area contributed by atoms with Crippen LogP contribution >= 0.6 is 0 Å². The highest BCUT2D eigenvalue weighted by Crippen LogP contribution is 2.40. The predicted molar refractivity (Wildman–Crippen MR) is 198 cm³/mol. The second kappa shape index (κ2) is 18.7. The molecule has 0 spiro atoms. The van der Waals surface area contributed by atoms with E-state index >= 15 is 0 Å². The van der Waals surface area contributed by atoms with Gasteiger partial charge in [-0.25, -0.2) is 4.79 Å². The van der Waals surface area contributed by atoms with E-state index in [9.17, 15) is 20.1 Å². The van der Waals surface area contributed by atoms with Gasteiger partial charge in [0.15, 0.2) is 0 Å². The smallest absolute Gasteiger partial charge is 0.335 e. The third-order valence-corrected chi connectivity index (χ3v) is 9.39. The summed E-state index contributed by atoms with van der Waals surface area (Å²) in [5, 5.41) is 60.7. The highest BCUT2D eigenvalue weighted by atomic mass is 16.4. The molecule has 4 N–H and O–H groups in total. The molecule has 276 valence electrons. The van der Waals surface area contributed by atoms with Crippen molar-refractivity contribution in [2.24, 2.45) is 0 Å². The third kappa shape index (κ3) is 9.58. The van der Waals surface area contributed by atoms with Crippen LogP contribution in [0.15, 0.2) is 69.5 Å². The lowest BCUT2D eigenvalue weighted by Gasteiger charge is -2.26. The minimum absolute atomic E-state index is 0.165. The van der Waals surface area contributed by atoms with E-state index in [1.165, 1.54) is 12.1 Å². The molecule has 0 saturated heterocycles. The zero-order valence-electron chi connectivity index (χ0n) is 30.3. The van der Waals surface area contributed by atoms with Crippen molar-refractivity contribution in [3.63, 3.8) is 0 Å². The number of benzene rings is 3. The summed E-state index contributed by atoms with van der Waals surface area (Å²) in [7, 11) is 0. The molecule has 0 saturated carbocycles. The van der Waals surface area contributed by atoms with E-state index in [1.807, 2.05) is 12.1 Å². The molecule has 3 unspecified atom stereocenters. The first-order valence-electron chi connectivity index (χ1n) is 18.6. The summed E-state index contributed by atoms with van der Waals surface area (Å²) in [4.78, 5) is 11.2. The van der Waals surface area contributed by atoms with E-state index in [1.54, 1.807) is 36.4 Å². The van der Waals surface area contributed by atoms with Gasteiger partial charge >= 0.3 is 5.97 Å². The molecule has 11 heteroatoms. The highest BCUT2D eigenvalue weighted by molar-refractivity contribution is 5.88. The van der Waals surface area contributed by atoms with Crippen LogP contribution in [0.1, 0.15) is 143 Å². The van der Waals surface area contributed by atoms with Gasteiger partial charge < -0.3 is 29.3 Å². The third-order valence-electron chi connectivity index (χ3n) is 9.39. The number of carboxylic acid groups (broad SMARTS) is 1. The van der Waals surface area contributed by atoms with Crippen LogP contribution in [0.4, 0.5) is 0 Å². The van der Waals surface area contributed by atoms with Gasteiger partial charge in [0.2, 0.25) is 23.6 Å². The summed E-state index contributed by atoms with van der Waals surface area (Å²) < 4.78 is 12.1. The normalized spacial score (nSPS) is 13.3. The Morgan fingerprint density at radius 3 is 1.25 bits per heavy atom. The number of aromatic nitrogens is 4. The summed E-state index contributed by atoms with van der Waals surface area (Å²) in [5.41, 5.74) is 4.48. The largest absolute Gasteiger partial charge is 0.478 e. The van der Waals surface area contributed by atoms with Crippen molar-refractivity contribution in [3.8, 4) is 45.8 Å². The van der Waals surface area contributed by atoms with Crippen molar-refractivity contribution >= 4 is 5.97 Å². The molecule has 5 aromatic rings. The van der Waals surface area contributed by atoms with Crippen LogP contribution in [0.3, 0.4) is 0 Å². The molecular weight excluding hydrogens is 660 g/mol. The predicted octanol–water partition coefficient (Wildman–Crippen LogP) is 9.66. The van der Waals surface area contributed by atoms with Gasteiger partial charge in [-0.2, -0.15) is 0 Å². The second-order valence-electron chi connectivity index (χ2n) is 13.4. The number of unbranched alkanes of at least 4 members (excludes halogenated alkanes) is 6. The van der Waals surface area contributed by atoms with Crippen molar-refractivity contribution in [3.05, 3.63) is 82.9 Å². The standard InChI is InChI=1S/C41H50N4O7/c1-4-7-10-13-33(46)31-24-30(25-32(34(47)14-11-8-5-2)36(31)35(48)15-12-9-6-3)40-45-44-39(52-40)27-18-16-26(17-19-27)37-42-43-38(51-37)28-20-22-29(23-21-28)41(49)50/h16-25,33-35,46-48H,4-15H2,1-3H3,(H,49,50). The summed E-state index contributed by atoms with van der Waals surface area (Å²) in [5.74, 6) is 0.0688. The van der Waals surface area contributed by atoms with Crippen molar-refractivity contribution < 1.29 is 34.1 Å². The summed E-state index contributed by atoms with van der Waals surface area (Å²) in [6.07, 6.45) is 7.70. The fourth-order valence-electron chi connectivity index (χ4n) is 6.40.